The second-order valence-corrected chi connectivity index (χ2v) is 5.40. The fourth-order valence-corrected chi connectivity index (χ4v) is 2.53. The number of hydrogen-bond donors (Lipinski definition) is 2. The number of benzene rings is 1. The number of ether oxygens (including phenoxy) is 1. The molecule has 0 saturated carbocycles. The standard InChI is InChI=1S/C17H20N2O5/c1-4-24-16(22)14-11(2)18-17(23,15(14)21)10-19(12(3)20)13-8-6-5-7-9-13/h5-9,21,23H,4,10H2,1-3H3. The number of rotatable bonds is 5. The van der Waals surface area contributed by atoms with Crippen molar-refractivity contribution >= 4 is 23.3 Å². The van der Waals surface area contributed by atoms with Crippen LogP contribution in [0.2, 0.25) is 0 Å². The predicted octanol–water partition coefficient (Wildman–Crippen LogP) is 1.58. The molecule has 0 aliphatic carbocycles. The first kappa shape index (κ1) is 17.7. The lowest BCUT2D eigenvalue weighted by atomic mass is 10.1. The lowest BCUT2D eigenvalue weighted by Crippen LogP contribution is -2.44. The molecule has 1 aromatic rings. The van der Waals surface area contributed by atoms with Crippen molar-refractivity contribution in [2.45, 2.75) is 26.5 Å². The van der Waals surface area contributed by atoms with E-state index in [4.69, 9.17) is 4.74 Å². The average molecular weight is 332 g/mol. The summed E-state index contributed by atoms with van der Waals surface area (Å²) in [5.41, 5.74) is -1.56. The van der Waals surface area contributed by atoms with Gasteiger partial charge in [0.25, 0.3) is 0 Å². The van der Waals surface area contributed by atoms with Gasteiger partial charge in [0.1, 0.15) is 5.57 Å². The summed E-state index contributed by atoms with van der Waals surface area (Å²) in [5, 5.41) is 21.0. The van der Waals surface area contributed by atoms with Crippen molar-refractivity contribution in [3.63, 3.8) is 0 Å². The van der Waals surface area contributed by atoms with Crippen molar-refractivity contribution in [3.05, 3.63) is 41.7 Å². The van der Waals surface area contributed by atoms with Crippen molar-refractivity contribution in [2.24, 2.45) is 4.99 Å². The topological polar surface area (TPSA) is 99.4 Å². The van der Waals surface area contributed by atoms with E-state index in [1.807, 2.05) is 0 Å². The Bertz CT molecular complexity index is 711. The van der Waals surface area contributed by atoms with Crippen LogP contribution < -0.4 is 4.90 Å². The molecule has 1 aliphatic rings. The fraction of sp³-hybridized carbons (Fsp3) is 0.353. The zero-order chi connectivity index (χ0) is 17.9. The van der Waals surface area contributed by atoms with Crippen molar-refractivity contribution < 1.29 is 24.5 Å². The average Bonchev–Trinajstić information content (AvgIpc) is 2.75. The van der Waals surface area contributed by atoms with Crippen LogP contribution >= 0.6 is 0 Å². The largest absolute Gasteiger partial charge is 0.506 e. The maximum absolute atomic E-state index is 12.0. The van der Waals surface area contributed by atoms with Crippen LogP contribution in [0.15, 0.2) is 46.7 Å². The molecule has 0 saturated heterocycles. The molecule has 24 heavy (non-hydrogen) atoms. The number of aliphatic hydroxyl groups excluding tert-OH is 1. The number of anilines is 1. The van der Waals surface area contributed by atoms with E-state index in [-0.39, 0.29) is 30.3 Å². The Hall–Kier alpha value is -2.67. The number of carbonyl (C=O) groups is 2. The third-order valence-corrected chi connectivity index (χ3v) is 3.64. The minimum atomic E-state index is -2.09. The molecule has 0 fully saturated rings. The molecule has 0 bridgehead atoms. The molecule has 1 aliphatic heterocycles. The molecule has 2 N–H and O–H groups in total. The molecule has 1 aromatic carbocycles. The summed E-state index contributed by atoms with van der Waals surface area (Å²) in [5.74, 6) is -1.71. The quantitative estimate of drug-likeness (QED) is 0.798. The van der Waals surface area contributed by atoms with E-state index >= 15 is 0 Å². The molecule has 1 atom stereocenters. The second-order valence-electron chi connectivity index (χ2n) is 5.40. The van der Waals surface area contributed by atoms with E-state index < -0.39 is 17.5 Å². The van der Waals surface area contributed by atoms with Crippen molar-refractivity contribution in [3.8, 4) is 0 Å². The van der Waals surface area contributed by atoms with E-state index in [2.05, 4.69) is 4.99 Å². The van der Waals surface area contributed by atoms with Crippen LogP contribution in [0.25, 0.3) is 0 Å². The zero-order valence-electron chi connectivity index (χ0n) is 13.8. The SMILES string of the molecule is CCOC(=O)C1=C(O)C(O)(CN(C(C)=O)c2ccccc2)N=C1C. The molecule has 0 radical (unpaired) electrons. The Kier molecular flexibility index (Phi) is 5.04. The number of amides is 1. The van der Waals surface area contributed by atoms with E-state index in [0.717, 1.165) is 0 Å². The van der Waals surface area contributed by atoms with Crippen LogP contribution in [0.3, 0.4) is 0 Å². The van der Waals surface area contributed by atoms with Gasteiger partial charge in [-0.2, -0.15) is 0 Å². The molecule has 1 unspecified atom stereocenters. The fourth-order valence-electron chi connectivity index (χ4n) is 2.53. The van der Waals surface area contributed by atoms with Crippen molar-refractivity contribution in [1.82, 2.24) is 0 Å². The summed E-state index contributed by atoms with van der Waals surface area (Å²) >= 11 is 0. The number of aliphatic hydroxyl groups is 2. The van der Waals surface area contributed by atoms with Crippen LogP contribution in [0.1, 0.15) is 20.8 Å². The van der Waals surface area contributed by atoms with Crippen LogP contribution in [-0.2, 0) is 14.3 Å². The van der Waals surface area contributed by atoms with Crippen molar-refractivity contribution in [1.29, 1.82) is 0 Å². The normalized spacial score (nSPS) is 19.9. The Balaban J connectivity index is 2.37. The summed E-state index contributed by atoms with van der Waals surface area (Å²) in [4.78, 5) is 29.2. The first-order valence-electron chi connectivity index (χ1n) is 7.53. The van der Waals surface area contributed by atoms with Gasteiger partial charge >= 0.3 is 5.97 Å². The van der Waals surface area contributed by atoms with Crippen LogP contribution in [0.5, 0.6) is 0 Å². The summed E-state index contributed by atoms with van der Waals surface area (Å²) in [7, 11) is 0. The molecule has 1 heterocycles. The van der Waals surface area contributed by atoms with Gasteiger partial charge in [0.05, 0.1) is 18.9 Å². The minimum absolute atomic E-state index is 0.130. The van der Waals surface area contributed by atoms with Gasteiger partial charge in [-0.1, -0.05) is 18.2 Å². The maximum Gasteiger partial charge on any atom is 0.343 e. The van der Waals surface area contributed by atoms with Gasteiger partial charge in [-0.05, 0) is 26.0 Å². The molecule has 128 valence electrons. The van der Waals surface area contributed by atoms with Crippen LogP contribution in [-0.4, -0.2) is 46.7 Å². The summed E-state index contributed by atoms with van der Waals surface area (Å²) < 4.78 is 4.87. The lowest BCUT2D eigenvalue weighted by molar-refractivity contribution is -0.138. The third kappa shape index (κ3) is 3.30. The minimum Gasteiger partial charge on any atom is -0.506 e. The third-order valence-electron chi connectivity index (χ3n) is 3.64. The number of esters is 1. The van der Waals surface area contributed by atoms with Crippen LogP contribution in [0.4, 0.5) is 5.69 Å². The van der Waals surface area contributed by atoms with E-state index in [1.54, 1.807) is 37.3 Å². The predicted molar refractivity (Wildman–Crippen MR) is 88.8 cm³/mol. The van der Waals surface area contributed by atoms with Gasteiger partial charge in [-0.25, -0.2) is 9.79 Å². The Morgan fingerprint density at radius 1 is 1.29 bits per heavy atom. The number of para-hydroxylation sites is 1. The highest BCUT2D eigenvalue weighted by molar-refractivity contribution is 6.21. The first-order valence-corrected chi connectivity index (χ1v) is 7.53. The van der Waals surface area contributed by atoms with Gasteiger partial charge in [-0.3, -0.25) is 4.79 Å². The van der Waals surface area contributed by atoms with Gasteiger partial charge in [0.15, 0.2) is 5.76 Å². The van der Waals surface area contributed by atoms with Crippen LogP contribution in [0, 0.1) is 0 Å². The Morgan fingerprint density at radius 2 is 1.92 bits per heavy atom. The number of aliphatic imine (C=N–C) groups is 1. The Morgan fingerprint density at radius 3 is 2.46 bits per heavy atom. The Labute approximate surface area is 139 Å². The monoisotopic (exact) mass is 332 g/mol. The molecular weight excluding hydrogens is 312 g/mol. The molecule has 7 heteroatoms. The number of hydrogen-bond acceptors (Lipinski definition) is 6. The lowest BCUT2D eigenvalue weighted by Gasteiger charge is -2.29. The highest BCUT2D eigenvalue weighted by Gasteiger charge is 2.44. The van der Waals surface area contributed by atoms with Crippen molar-refractivity contribution in [2.75, 3.05) is 18.1 Å². The molecule has 2 rings (SSSR count). The molecular formula is C17H20N2O5. The van der Waals surface area contributed by atoms with E-state index in [9.17, 15) is 19.8 Å². The van der Waals surface area contributed by atoms with E-state index in [1.165, 1.54) is 18.7 Å². The maximum atomic E-state index is 12.0. The second kappa shape index (κ2) is 6.84. The molecule has 7 nitrogen and oxygen atoms in total. The summed E-state index contributed by atoms with van der Waals surface area (Å²) in [6.07, 6.45) is 0. The van der Waals surface area contributed by atoms with Gasteiger partial charge in [0.2, 0.25) is 11.6 Å². The number of carbonyl (C=O) groups excluding carboxylic acids is 2. The number of nitrogens with zero attached hydrogens (tertiary/aromatic N) is 2. The molecule has 0 aromatic heterocycles. The summed E-state index contributed by atoms with van der Waals surface area (Å²) in [6.45, 7) is 4.27. The smallest absolute Gasteiger partial charge is 0.343 e. The summed E-state index contributed by atoms with van der Waals surface area (Å²) in [6, 6.07) is 8.69. The first-order chi connectivity index (χ1) is 11.3. The molecule has 0 spiro atoms. The van der Waals surface area contributed by atoms with Gasteiger partial charge in [0, 0.05) is 12.6 Å². The zero-order valence-corrected chi connectivity index (χ0v) is 13.8. The van der Waals surface area contributed by atoms with Gasteiger partial charge in [-0.15, -0.1) is 0 Å². The highest BCUT2D eigenvalue weighted by Crippen LogP contribution is 2.31. The molecule has 1 amide bonds. The van der Waals surface area contributed by atoms with Gasteiger partial charge < -0.3 is 19.8 Å². The highest BCUT2D eigenvalue weighted by atomic mass is 16.5. The van der Waals surface area contributed by atoms with E-state index in [0.29, 0.717) is 5.69 Å².